The van der Waals surface area contributed by atoms with Crippen LogP contribution >= 0.6 is 11.6 Å². The van der Waals surface area contributed by atoms with Crippen molar-refractivity contribution in [2.24, 2.45) is 0 Å². The second kappa shape index (κ2) is 11.3. The number of carbonyl (C=O) groups excluding carboxylic acids is 1. The third kappa shape index (κ3) is 5.82. The van der Waals surface area contributed by atoms with Gasteiger partial charge in [0.25, 0.3) is 0 Å². The Morgan fingerprint density at radius 3 is 2.38 bits per heavy atom. The van der Waals surface area contributed by atoms with Gasteiger partial charge in [-0.2, -0.15) is 0 Å². The molecule has 0 atom stereocenters. The van der Waals surface area contributed by atoms with Gasteiger partial charge in [0.15, 0.2) is 0 Å². The smallest absolute Gasteiger partial charge is 0.309 e. The minimum Gasteiger partial charge on any atom is -0.489 e. The second-order valence-corrected chi connectivity index (χ2v) is 9.25. The molecular weight excluding hydrogens is 482 g/mol. The van der Waals surface area contributed by atoms with Gasteiger partial charge in [-0.3, -0.25) is 9.78 Å². The summed E-state index contributed by atoms with van der Waals surface area (Å²) in [6, 6.07) is 32.2. The number of hydrogen-bond donors (Lipinski definition) is 0. The van der Waals surface area contributed by atoms with Crippen LogP contribution in [0.15, 0.2) is 103 Å². The molecule has 0 fully saturated rings. The van der Waals surface area contributed by atoms with Gasteiger partial charge < -0.3 is 9.47 Å². The highest BCUT2D eigenvalue weighted by Gasteiger charge is 2.14. The van der Waals surface area contributed by atoms with E-state index in [4.69, 9.17) is 26.1 Å². The third-order valence-electron chi connectivity index (χ3n) is 6.29. The number of nitrogens with zero attached hydrogens (tertiary/aromatic N) is 1. The molecule has 5 rings (SSSR count). The minimum absolute atomic E-state index is 0.252. The number of esters is 1. The van der Waals surface area contributed by atoms with Crippen molar-refractivity contribution in [3.8, 4) is 16.9 Å². The Bertz CT molecular complexity index is 1530. The molecule has 4 aromatic carbocycles. The number of benzene rings is 4. The Kier molecular flexibility index (Phi) is 7.48. The zero-order chi connectivity index (χ0) is 25.6. The number of pyridine rings is 1. The Morgan fingerprint density at radius 1 is 0.838 bits per heavy atom. The maximum Gasteiger partial charge on any atom is 0.309 e. The van der Waals surface area contributed by atoms with Crippen molar-refractivity contribution >= 4 is 28.5 Å². The summed E-state index contributed by atoms with van der Waals surface area (Å²) < 4.78 is 10.9. The minimum atomic E-state index is -0.252. The molecular formula is C32H26ClNO3. The molecule has 5 aromatic rings. The van der Waals surface area contributed by atoms with Gasteiger partial charge >= 0.3 is 5.97 Å². The molecule has 1 heterocycles. The number of rotatable bonds is 8. The predicted octanol–water partition coefficient (Wildman–Crippen LogP) is 7.44. The van der Waals surface area contributed by atoms with Crippen LogP contribution in [0.25, 0.3) is 22.0 Å². The Balaban J connectivity index is 1.44. The highest BCUT2D eigenvalue weighted by atomic mass is 35.5. The molecule has 0 aliphatic carbocycles. The molecule has 0 bridgehead atoms. The first-order valence-corrected chi connectivity index (χ1v) is 12.5. The molecule has 0 unspecified atom stereocenters. The largest absolute Gasteiger partial charge is 0.489 e. The van der Waals surface area contributed by atoms with Crippen LogP contribution in [0.3, 0.4) is 0 Å². The SMILES string of the molecule is COC(=O)Cc1ccc(COc2cccc(-c3c(Cc4ccccc4)cnc4c(Cl)cccc34)c2)cc1. The van der Waals surface area contributed by atoms with Crippen molar-refractivity contribution in [1.82, 2.24) is 4.98 Å². The van der Waals surface area contributed by atoms with Gasteiger partial charge in [0.1, 0.15) is 12.4 Å². The summed E-state index contributed by atoms with van der Waals surface area (Å²) in [4.78, 5) is 16.2. The maximum atomic E-state index is 11.5. The number of carbonyl (C=O) groups is 1. The molecule has 0 N–H and O–H groups in total. The lowest BCUT2D eigenvalue weighted by Crippen LogP contribution is -2.04. The summed E-state index contributed by atoms with van der Waals surface area (Å²) in [7, 11) is 1.40. The number of fused-ring (bicyclic) bond motifs is 1. The summed E-state index contributed by atoms with van der Waals surface area (Å²) >= 11 is 6.51. The third-order valence-corrected chi connectivity index (χ3v) is 6.60. The molecule has 37 heavy (non-hydrogen) atoms. The Labute approximate surface area is 221 Å². The molecule has 184 valence electrons. The quantitative estimate of drug-likeness (QED) is 0.205. The van der Waals surface area contributed by atoms with Crippen LogP contribution in [0.1, 0.15) is 22.3 Å². The van der Waals surface area contributed by atoms with Crippen molar-refractivity contribution in [3.63, 3.8) is 0 Å². The molecule has 5 heteroatoms. The fourth-order valence-electron chi connectivity index (χ4n) is 4.42. The first kappa shape index (κ1) is 24.5. The molecule has 0 saturated heterocycles. The van der Waals surface area contributed by atoms with Crippen LogP contribution in [-0.2, 0) is 29.0 Å². The van der Waals surface area contributed by atoms with Crippen molar-refractivity contribution in [3.05, 3.63) is 131 Å². The number of halogens is 1. The van der Waals surface area contributed by atoms with E-state index in [0.29, 0.717) is 11.6 Å². The lowest BCUT2D eigenvalue weighted by molar-refractivity contribution is -0.139. The van der Waals surface area contributed by atoms with Crippen LogP contribution < -0.4 is 4.74 Å². The van der Waals surface area contributed by atoms with Crippen molar-refractivity contribution < 1.29 is 14.3 Å². The summed E-state index contributed by atoms with van der Waals surface area (Å²) in [5, 5.41) is 1.65. The zero-order valence-corrected chi connectivity index (χ0v) is 21.2. The van der Waals surface area contributed by atoms with Crippen LogP contribution in [0, 0.1) is 0 Å². The normalized spacial score (nSPS) is 10.9. The first-order valence-electron chi connectivity index (χ1n) is 12.1. The van der Waals surface area contributed by atoms with Gasteiger partial charge in [-0.1, -0.05) is 90.5 Å². The first-order chi connectivity index (χ1) is 18.1. The van der Waals surface area contributed by atoms with E-state index in [2.05, 4.69) is 42.5 Å². The number of para-hydroxylation sites is 1. The van der Waals surface area contributed by atoms with Crippen LogP contribution in [0.5, 0.6) is 5.75 Å². The van der Waals surface area contributed by atoms with E-state index in [1.807, 2.05) is 60.8 Å². The molecule has 0 saturated carbocycles. The standard InChI is InChI=1S/C32H26ClNO3/c1-36-30(35)18-23-13-15-24(16-14-23)21-37-27-10-5-9-25(19-27)31-26(17-22-7-3-2-4-8-22)20-34-32-28(31)11-6-12-29(32)33/h2-16,19-20H,17-18,21H2,1H3. The Hall–Kier alpha value is -4.15. The van der Waals surface area contributed by atoms with Crippen LogP contribution in [0.2, 0.25) is 5.02 Å². The summed E-state index contributed by atoms with van der Waals surface area (Å²) in [6.45, 7) is 0.418. The monoisotopic (exact) mass is 507 g/mol. The van der Waals surface area contributed by atoms with Crippen molar-refractivity contribution in [1.29, 1.82) is 0 Å². The number of hydrogen-bond acceptors (Lipinski definition) is 4. The summed E-state index contributed by atoms with van der Waals surface area (Å²) in [5.41, 5.74) is 7.21. The Morgan fingerprint density at radius 2 is 1.59 bits per heavy atom. The number of aromatic nitrogens is 1. The van der Waals surface area contributed by atoms with E-state index in [0.717, 1.165) is 50.9 Å². The number of methoxy groups -OCH3 is 1. The van der Waals surface area contributed by atoms with Crippen LogP contribution in [-0.4, -0.2) is 18.1 Å². The van der Waals surface area contributed by atoms with Gasteiger partial charge in [-0.05, 0) is 58.0 Å². The maximum absolute atomic E-state index is 11.5. The second-order valence-electron chi connectivity index (χ2n) is 8.84. The lowest BCUT2D eigenvalue weighted by Gasteiger charge is -2.15. The molecule has 4 nitrogen and oxygen atoms in total. The van der Waals surface area contributed by atoms with Gasteiger partial charge in [-0.25, -0.2) is 0 Å². The van der Waals surface area contributed by atoms with Gasteiger partial charge in [-0.15, -0.1) is 0 Å². The predicted molar refractivity (Wildman–Crippen MR) is 148 cm³/mol. The molecule has 0 radical (unpaired) electrons. The van der Waals surface area contributed by atoms with E-state index in [9.17, 15) is 4.79 Å². The molecule has 0 spiro atoms. The van der Waals surface area contributed by atoms with Crippen molar-refractivity contribution in [2.75, 3.05) is 7.11 Å². The van der Waals surface area contributed by atoms with Gasteiger partial charge in [0, 0.05) is 11.6 Å². The topological polar surface area (TPSA) is 48.4 Å². The average Bonchev–Trinajstić information content (AvgIpc) is 2.93. The van der Waals surface area contributed by atoms with E-state index in [-0.39, 0.29) is 12.4 Å². The lowest BCUT2D eigenvalue weighted by atomic mass is 9.93. The van der Waals surface area contributed by atoms with E-state index in [1.165, 1.54) is 12.7 Å². The molecule has 0 aliphatic rings. The highest BCUT2D eigenvalue weighted by molar-refractivity contribution is 6.35. The molecule has 0 amide bonds. The fraction of sp³-hybridized carbons (Fsp3) is 0.125. The highest BCUT2D eigenvalue weighted by Crippen LogP contribution is 2.36. The van der Waals surface area contributed by atoms with E-state index >= 15 is 0 Å². The fourth-order valence-corrected chi connectivity index (χ4v) is 4.64. The summed E-state index contributed by atoms with van der Waals surface area (Å²) in [6.07, 6.45) is 2.95. The average molecular weight is 508 g/mol. The summed E-state index contributed by atoms with van der Waals surface area (Å²) in [5.74, 6) is 0.520. The molecule has 1 aromatic heterocycles. The van der Waals surface area contributed by atoms with E-state index < -0.39 is 0 Å². The van der Waals surface area contributed by atoms with Crippen LogP contribution in [0.4, 0.5) is 0 Å². The van der Waals surface area contributed by atoms with Gasteiger partial charge in [0.05, 0.1) is 24.1 Å². The van der Waals surface area contributed by atoms with Gasteiger partial charge in [0.2, 0.25) is 0 Å². The zero-order valence-electron chi connectivity index (χ0n) is 20.5. The number of ether oxygens (including phenoxy) is 2. The van der Waals surface area contributed by atoms with E-state index in [1.54, 1.807) is 0 Å². The van der Waals surface area contributed by atoms with Crippen molar-refractivity contribution in [2.45, 2.75) is 19.4 Å². The molecule has 0 aliphatic heterocycles.